The lowest BCUT2D eigenvalue weighted by Crippen LogP contribution is -2.49. The van der Waals surface area contributed by atoms with Crippen molar-refractivity contribution in [2.75, 3.05) is 31.2 Å². The summed E-state index contributed by atoms with van der Waals surface area (Å²) in [5, 5.41) is 12.2. The number of carbonyl (C=O) groups excluding carboxylic acids is 3. The molecule has 1 atom stereocenters. The standard InChI is InChI=1S/C29H31N5O6S/c1-19-2-6-22(7-3-19)40-23-8-4-21(5-9-23)33(18-35)15-26(36)34-17-29(38-10-11-39-29)13-25(34)28(37)32-14-24-12-20(16-41-24)27(30)31/h2-9,12,16,18,25H,10-11,13-15,17H2,1H3,(H3,30,31)(H,32,37)/t25-/m0/s1. The number of amides is 3. The van der Waals surface area contributed by atoms with Gasteiger partial charge >= 0.3 is 0 Å². The highest BCUT2D eigenvalue weighted by Gasteiger charge is 2.52. The summed E-state index contributed by atoms with van der Waals surface area (Å²) in [6.07, 6.45) is 0.764. The summed E-state index contributed by atoms with van der Waals surface area (Å²) in [4.78, 5) is 42.3. The number of carbonyl (C=O) groups is 3. The van der Waals surface area contributed by atoms with E-state index in [0.717, 1.165) is 10.4 Å². The van der Waals surface area contributed by atoms with E-state index in [1.165, 1.54) is 21.1 Å². The molecule has 0 aliphatic carbocycles. The number of amidine groups is 1. The molecular formula is C29H31N5O6S. The summed E-state index contributed by atoms with van der Waals surface area (Å²) in [6.45, 7) is 2.77. The van der Waals surface area contributed by atoms with Gasteiger partial charge in [0, 0.05) is 27.9 Å². The highest BCUT2D eigenvalue weighted by atomic mass is 32.1. The van der Waals surface area contributed by atoms with Crippen molar-refractivity contribution in [1.82, 2.24) is 10.2 Å². The lowest BCUT2D eigenvalue weighted by molar-refractivity contribution is -0.152. The summed E-state index contributed by atoms with van der Waals surface area (Å²) < 4.78 is 17.5. The van der Waals surface area contributed by atoms with E-state index >= 15 is 0 Å². The smallest absolute Gasteiger partial charge is 0.243 e. The van der Waals surface area contributed by atoms with Gasteiger partial charge in [0.25, 0.3) is 0 Å². The molecule has 5 rings (SSSR count). The van der Waals surface area contributed by atoms with Crippen LogP contribution in [0.5, 0.6) is 11.5 Å². The number of nitrogens with two attached hydrogens (primary N) is 1. The third-order valence-electron chi connectivity index (χ3n) is 6.99. The Morgan fingerprint density at radius 1 is 1.17 bits per heavy atom. The fourth-order valence-corrected chi connectivity index (χ4v) is 5.65. The predicted molar refractivity (Wildman–Crippen MR) is 153 cm³/mol. The molecule has 2 saturated heterocycles. The molecule has 0 saturated carbocycles. The number of benzene rings is 2. The molecule has 3 aromatic rings. The number of nitrogen functional groups attached to an aromatic ring is 1. The van der Waals surface area contributed by atoms with Crippen LogP contribution < -0.4 is 20.7 Å². The molecule has 2 aliphatic heterocycles. The summed E-state index contributed by atoms with van der Waals surface area (Å²) in [6, 6.07) is 15.4. The van der Waals surface area contributed by atoms with Crippen LogP contribution in [0.3, 0.4) is 0 Å². The van der Waals surface area contributed by atoms with Crippen LogP contribution in [0.15, 0.2) is 60.0 Å². The Hall–Kier alpha value is -4.26. The number of nitrogens with one attached hydrogen (secondary N) is 2. The minimum Gasteiger partial charge on any atom is -0.457 e. The summed E-state index contributed by atoms with van der Waals surface area (Å²) in [5.74, 6) is -0.594. The zero-order valence-electron chi connectivity index (χ0n) is 22.5. The van der Waals surface area contributed by atoms with Crippen LogP contribution in [0, 0.1) is 12.3 Å². The molecule has 2 aromatic carbocycles. The van der Waals surface area contributed by atoms with Crippen LogP contribution in [0.1, 0.15) is 22.4 Å². The number of hydrogen-bond acceptors (Lipinski definition) is 8. The van der Waals surface area contributed by atoms with Crippen LogP contribution in [-0.4, -0.2) is 67.1 Å². The van der Waals surface area contributed by atoms with E-state index in [0.29, 0.717) is 42.4 Å². The monoisotopic (exact) mass is 577 g/mol. The molecule has 2 fully saturated rings. The average Bonchev–Trinajstić information content (AvgIpc) is 3.73. The normalized spacial score (nSPS) is 17.4. The molecule has 214 valence electrons. The second-order valence-electron chi connectivity index (χ2n) is 9.92. The number of hydrogen-bond donors (Lipinski definition) is 3. The van der Waals surface area contributed by atoms with Gasteiger partial charge in [-0.15, -0.1) is 11.3 Å². The van der Waals surface area contributed by atoms with Crippen molar-refractivity contribution < 1.29 is 28.6 Å². The van der Waals surface area contributed by atoms with Crippen molar-refractivity contribution in [3.8, 4) is 11.5 Å². The van der Waals surface area contributed by atoms with Gasteiger partial charge in [0.15, 0.2) is 5.79 Å². The molecule has 41 heavy (non-hydrogen) atoms. The fourth-order valence-electron chi connectivity index (χ4n) is 4.82. The van der Waals surface area contributed by atoms with Crippen molar-refractivity contribution in [3.05, 3.63) is 76.0 Å². The molecule has 1 spiro atoms. The number of thiophene rings is 1. The molecule has 0 radical (unpaired) electrons. The molecule has 0 unspecified atom stereocenters. The first-order valence-electron chi connectivity index (χ1n) is 13.1. The van der Waals surface area contributed by atoms with Crippen molar-refractivity contribution in [1.29, 1.82) is 5.41 Å². The van der Waals surface area contributed by atoms with Gasteiger partial charge in [-0.1, -0.05) is 17.7 Å². The Morgan fingerprint density at radius 2 is 1.83 bits per heavy atom. The first-order valence-corrected chi connectivity index (χ1v) is 14.0. The third kappa shape index (κ3) is 6.56. The van der Waals surface area contributed by atoms with E-state index in [9.17, 15) is 14.4 Å². The Labute approximate surface area is 241 Å². The summed E-state index contributed by atoms with van der Waals surface area (Å²) in [7, 11) is 0. The first-order chi connectivity index (χ1) is 19.7. The lowest BCUT2D eigenvalue weighted by Gasteiger charge is -2.26. The Balaban J connectivity index is 1.25. The largest absolute Gasteiger partial charge is 0.457 e. The molecule has 2 aliphatic rings. The minimum atomic E-state index is -1.05. The molecule has 1 aromatic heterocycles. The van der Waals surface area contributed by atoms with E-state index in [1.54, 1.807) is 35.7 Å². The van der Waals surface area contributed by atoms with Gasteiger partial charge in [-0.05, 0) is 49.4 Å². The maximum atomic E-state index is 13.5. The van der Waals surface area contributed by atoms with Crippen LogP contribution in [0.4, 0.5) is 5.69 Å². The third-order valence-corrected chi connectivity index (χ3v) is 7.92. The Kier molecular flexibility index (Phi) is 8.34. The highest BCUT2D eigenvalue weighted by Crippen LogP contribution is 2.35. The minimum absolute atomic E-state index is 0.0444. The second kappa shape index (κ2) is 12.1. The molecule has 12 heteroatoms. The van der Waals surface area contributed by atoms with Crippen molar-refractivity contribution in [2.45, 2.75) is 31.7 Å². The number of nitrogens with zero attached hydrogens (tertiary/aromatic N) is 2. The number of likely N-dealkylation sites (tertiary alicyclic amines) is 1. The van der Waals surface area contributed by atoms with Gasteiger partial charge in [-0.2, -0.15) is 0 Å². The molecule has 4 N–H and O–H groups in total. The SMILES string of the molecule is Cc1ccc(Oc2ccc(N(C=O)CC(=O)N3CC4(C[C@H]3C(=O)NCc3cc(C(=N)N)cs3)OCCO4)cc2)cc1. The number of rotatable bonds is 10. The number of ether oxygens (including phenoxy) is 3. The van der Waals surface area contributed by atoms with E-state index in [1.807, 2.05) is 31.2 Å². The second-order valence-corrected chi connectivity index (χ2v) is 10.9. The van der Waals surface area contributed by atoms with Gasteiger partial charge < -0.3 is 35.1 Å². The highest BCUT2D eigenvalue weighted by molar-refractivity contribution is 7.10. The summed E-state index contributed by atoms with van der Waals surface area (Å²) in [5.41, 5.74) is 7.75. The van der Waals surface area contributed by atoms with Gasteiger partial charge in [0.05, 0.1) is 26.3 Å². The van der Waals surface area contributed by atoms with Crippen LogP contribution in [-0.2, 0) is 30.4 Å². The Bertz CT molecular complexity index is 1420. The zero-order chi connectivity index (χ0) is 29.0. The van der Waals surface area contributed by atoms with Gasteiger partial charge in [0.2, 0.25) is 18.2 Å². The quantitative estimate of drug-likeness (QED) is 0.191. The zero-order valence-corrected chi connectivity index (χ0v) is 23.3. The van der Waals surface area contributed by atoms with Crippen molar-refractivity contribution >= 4 is 41.1 Å². The first kappa shape index (κ1) is 28.3. The molecular weight excluding hydrogens is 546 g/mol. The average molecular weight is 578 g/mol. The van der Waals surface area contributed by atoms with Gasteiger partial charge in [-0.3, -0.25) is 19.8 Å². The van der Waals surface area contributed by atoms with Gasteiger partial charge in [-0.25, -0.2) is 0 Å². The molecule has 3 amide bonds. The van der Waals surface area contributed by atoms with Crippen molar-refractivity contribution in [2.24, 2.45) is 5.73 Å². The molecule has 0 bridgehead atoms. The molecule has 3 heterocycles. The topological polar surface area (TPSA) is 147 Å². The number of aryl methyl sites for hydroxylation is 1. The van der Waals surface area contributed by atoms with Gasteiger partial charge in [0.1, 0.15) is 29.9 Å². The van der Waals surface area contributed by atoms with Crippen LogP contribution >= 0.6 is 11.3 Å². The Morgan fingerprint density at radius 3 is 2.44 bits per heavy atom. The maximum Gasteiger partial charge on any atom is 0.243 e. The predicted octanol–water partition coefficient (Wildman–Crippen LogP) is 2.76. The fraction of sp³-hybridized carbons (Fsp3) is 0.310. The van der Waals surface area contributed by atoms with Crippen LogP contribution in [0.25, 0.3) is 0 Å². The van der Waals surface area contributed by atoms with E-state index < -0.39 is 17.7 Å². The maximum absolute atomic E-state index is 13.5. The lowest BCUT2D eigenvalue weighted by atomic mass is 10.1. The van der Waals surface area contributed by atoms with Crippen molar-refractivity contribution in [3.63, 3.8) is 0 Å². The summed E-state index contributed by atoms with van der Waals surface area (Å²) >= 11 is 1.38. The van der Waals surface area contributed by atoms with E-state index in [-0.39, 0.29) is 37.8 Å². The number of anilines is 1. The molecule has 11 nitrogen and oxygen atoms in total. The van der Waals surface area contributed by atoms with E-state index in [2.05, 4.69) is 5.32 Å². The van der Waals surface area contributed by atoms with Crippen LogP contribution in [0.2, 0.25) is 0 Å². The van der Waals surface area contributed by atoms with E-state index in [4.69, 9.17) is 25.4 Å².